The summed E-state index contributed by atoms with van der Waals surface area (Å²) in [5.41, 5.74) is 3.37. The molecule has 0 aliphatic heterocycles. The number of rotatable bonds is 2. The van der Waals surface area contributed by atoms with E-state index in [4.69, 9.17) is 0 Å². The summed E-state index contributed by atoms with van der Waals surface area (Å²) in [5.74, 6) is 0. The van der Waals surface area contributed by atoms with Gasteiger partial charge in [-0.3, -0.25) is 0 Å². The van der Waals surface area contributed by atoms with Crippen LogP contribution in [-0.4, -0.2) is 9.97 Å². The Morgan fingerprint density at radius 3 is 1.29 bits per heavy atom. The lowest BCUT2D eigenvalue weighted by Crippen LogP contribution is -2.03. The summed E-state index contributed by atoms with van der Waals surface area (Å²) < 4.78 is 80.1. The van der Waals surface area contributed by atoms with E-state index < -0.39 is 23.5 Å². The summed E-state index contributed by atoms with van der Waals surface area (Å²) in [6.45, 7) is 4.05. The Labute approximate surface area is 242 Å². The van der Waals surface area contributed by atoms with Gasteiger partial charge in [-0.05, 0) is 95.1 Å². The van der Waals surface area contributed by atoms with Gasteiger partial charge in [-0.25, -0.2) is 9.97 Å². The molecule has 0 unspecified atom stereocenters. The van der Waals surface area contributed by atoms with E-state index in [1.165, 1.54) is 34.8 Å². The van der Waals surface area contributed by atoms with E-state index in [1.807, 2.05) is 50.2 Å². The monoisotopic (exact) mass is 608 g/mol. The molecule has 7 aromatic rings. The number of thiazole rings is 2. The smallest absolute Gasteiger partial charge is 0.236 e. The van der Waals surface area contributed by atoms with Crippen LogP contribution >= 0.6 is 22.7 Å². The van der Waals surface area contributed by atoms with Crippen molar-refractivity contribution in [3.05, 3.63) is 95.1 Å². The Morgan fingerprint density at radius 1 is 0.500 bits per heavy atom. The molecule has 7 rings (SSSR count). The third-order valence-electron chi connectivity index (χ3n) is 7.58. The number of alkyl halides is 6. The summed E-state index contributed by atoms with van der Waals surface area (Å²) >= 11 is 2.45. The van der Waals surface area contributed by atoms with Crippen LogP contribution < -0.4 is 0 Å². The molecule has 42 heavy (non-hydrogen) atoms. The number of benzene rings is 5. The maximum atomic E-state index is 13.2. The van der Waals surface area contributed by atoms with Crippen LogP contribution in [-0.2, 0) is 12.4 Å². The molecule has 2 nitrogen and oxygen atoms in total. The van der Waals surface area contributed by atoms with Crippen molar-refractivity contribution in [3.8, 4) is 21.1 Å². The molecule has 2 heterocycles. The quantitative estimate of drug-likeness (QED) is 0.144. The van der Waals surface area contributed by atoms with Crippen molar-refractivity contribution in [2.75, 3.05) is 0 Å². The van der Waals surface area contributed by atoms with Gasteiger partial charge in [-0.1, -0.05) is 24.3 Å². The molecule has 0 N–H and O–H groups in total. The van der Waals surface area contributed by atoms with Crippen LogP contribution in [0.3, 0.4) is 0 Å². The van der Waals surface area contributed by atoms with Crippen LogP contribution in [0.1, 0.15) is 22.3 Å². The van der Waals surface area contributed by atoms with Crippen LogP contribution in [0.4, 0.5) is 26.3 Å². The first kappa shape index (κ1) is 26.9. The lowest BCUT2D eigenvalue weighted by molar-refractivity contribution is -0.138. The largest absolute Gasteiger partial charge is 0.416 e. The predicted octanol–water partition coefficient (Wildman–Crippen LogP) is 11.2. The second kappa shape index (κ2) is 9.24. The van der Waals surface area contributed by atoms with Gasteiger partial charge in [-0.15, -0.1) is 22.7 Å². The van der Waals surface area contributed by atoms with Crippen LogP contribution in [0.5, 0.6) is 0 Å². The molecule has 0 fully saturated rings. The van der Waals surface area contributed by atoms with E-state index >= 15 is 0 Å². The molecule has 0 aliphatic carbocycles. The summed E-state index contributed by atoms with van der Waals surface area (Å²) in [4.78, 5) is 9.18. The molecule has 0 radical (unpaired) electrons. The highest BCUT2D eigenvalue weighted by molar-refractivity contribution is 7.22. The minimum Gasteiger partial charge on any atom is -0.236 e. The number of fused-ring (bicyclic) bond motifs is 4. The first-order valence-corrected chi connectivity index (χ1v) is 14.4. The molecule has 0 spiro atoms. The molecule has 210 valence electrons. The van der Waals surface area contributed by atoms with E-state index in [-0.39, 0.29) is 0 Å². The number of aryl methyl sites for hydroxylation is 2. The van der Waals surface area contributed by atoms with Gasteiger partial charge in [-0.2, -0.15) is 26.3 Å². The molecule has 2 aromatic heterocycles. The average Bonchev–Trinajstić information content (AvgIpc) is 3.58. The molecule has 10 heteroatoms. The summed E-state index contributed by atoms with van der Waals surface area (Å²) in [6, 6.07) is 19.1. The first-order chi connectivity index (χ1) is 19.9. The van der Waals surface area contributed by atoms with Gasteiger partial charge in [0.25, 0.3) is 0 Å². The standard InChI is InChI=1S/C32H18F6N2S2/c1-15-21-7-3-18(30-40-26-10-6-20(32(36,37)38)14-28(26)42-30)12-24(21)16(2)22-8-4-17(11-23(15)22)29-39-25-9-5-19(31(33,34)35)13-27(25)41-29/h3-14H,1-2H3. The third-order valence-corrected chi connectivity index (χ3v) is 9.72. The Balaban J connectivity index is 1.31. The predicted molar refractivity (Wildman–Crippen MR) is 158 cm³/mol. The van der Waals surface area contributed by atoms with Crippen molar-refractivity contribution in [2.45, 2.75) is 26.2 Å². The molecule has 0 aliphatic rings. The highest BCUT2D eigenvalue weighted by Crippen LogP contribution is 2.41. The molecular weight excluding hydrogens is 590 g/mol. The van der Waals surface area contributed by atoms with Crippen molar-refractivity contribution in [1.29, 1.82) is 0 Å². The van der Waals surface area contributed by atoms with Crippen LogP contribution in [0.15, 0.2) is 72.8 Å². The van der Waals surface area contributed by atoms with Crippen LogP contribution in [0.25, 0.3) is 63.1 Å². The van der Waals surface area contributed by atoms with E-state index in [0.717, 1.165) is 68.1 Å². The Kier molecular flexibility index (Phi) is 5.91. The van der Waals surface area contributed by atoms with Gasteiger partial charge >= 0.3 is 12.4 Å². The van der Waals surface area contributed by atoms with Crippen molar-refractivity contribution >= 4 is 64.7 Å². The highest BCUT2D eigenvalue weighted by Gasteiger charge is 2.31. The van der Waals surface area contributed by atoms with E-state index in [1.54, 1.807) is 0 Å². The lowest BCUT2D eigenvalue weighted by Gasteiger charge is -2.14. The Bertz CT molecular complexity index is 2050. The Morgan fingerprint density at radius 2 is 0.905 bits per heavy atom. The molecule has 0 bridgehead atoms. The zero-order chi connectivity index (χ0) is 29.6. The maximum Gasteiger partial charge on any atom is 0.416 e. The first-order valence-electron chi connectivity index (χ1n) is 12.8. The van der Waals surface area contributed by atoms with Crippen LogP contribution in [0.2, 0.25) is 0 Å². The fourth-order valence-electron chi connectivity index (χ4n) is 5.37. The van der Waals surface area contributed by atoms with Crippen molar-refractivity contribution in [2.24, 2.45) is 0 Å². The SMILES string of the molecule is Cc1c2ccc(-c3nc4ccc(C(F)(F)F)cc4s3)cc2c(C)c2ccc(-c3nc4ccc(C(F)(F)F)cc4s3)cc12. The zero-order valence-electron chi connectivity index (χ0n) is 21.9. The van der Waals surface area contributed by atoms with E-state index in [2.05, 4.69) is 9.97 Å². The number of hydrogen-bond acceptors (Lipinski definition) is 4. The van der Waals surface area contributed by atoms with Gasteiger partial charge in [0.05, 0.1) is 31.6 Å². The van der Waals surface area contributed by atoms with Crippen molar-refractivity contribution < 1.29 is 26.3 Å². The number of aromatic nitrogens is 2. The second-order valence-corrected chi connectivity index (χ2v) is 12.2. The summed E-state index contributed by atoms with van der Waals surface area (Å²) in [7, 11) is 0. The van der Waals surface area contributed by atoms with E-state index in [9.17, 15) is 26.3 Å². The molecule has 0 amide bonds. The molecule has 0 saturated carbocycles. The fraction of sp³-hybridized carbons (Fsp3) is 0.125. The van der Waals surface area contributed by atoms with Gasteiger partial charge in [0, 0.05) is 11.1 Å². The summed E-state index contributed by atoms with van der Waals surface area (Å²) in [5, 5.41) is 5.37. The molecule has 5 aromatic carbocycles. The zero-order valence-corrected chi connectivity index (χ0v) is 23.5. The average molecular weight is 609 g/mol. The van der Waals surface area contributed by atoms with Gasteiger partial charge in [0.1, 0.15) is 10.0 Å². The molecular formula is C32H18F6N2S2. The number of halogens is 6. The molecule has 0 saturated heterocycles. The number of nitrogens with zero attached hydrogens (tertiary/aromatic N) is 2. The van der Waals surface area contributed by atoms with E-state index in [0.29, 0.717) is 30.4 Å². The number of hydrogen-bond donors (Lipinski definition) is 0. The van der Waals surface area contributed by atoms with Crippen molar-refractivity contribution in [1.82, 2.24) is 9.97 Å². The van der Waals surface area contributed by atoms with Crippen LogP contribution in [0, 0.1) is 13.8 Å². The fourth-order valence-corrected chi connectivity index (χ4v) is 7.37. The normalized spacial score (nSPS) is 12.8. The summed E-state index contributed by atoms with van der Waals surface area (Å²) in [6.07, 6.45) is -8.83. The third kappa shape index (κ3) is 4.40. The minimum atomic E-state index is -4.42. The van der Waals surface area contributed by atoms with Gasteiger partial charge in [0.15, 0.2) is 0 Å². The van der Waals surface area contributed by atoms with Gasteiger partial charge in [0.2, 0.25) is 0 Å². The van der Waals surface area contributed by atoms with Crippen molar-refractivity contribution in [3.63, 3.8) is 0 Å². The Hall–Kier alpha value is -4.02. The topological polar surface area (TPSA) is 25.8 Å². The lowest BCUT2D eigenvalue weighted by atomic mass is 9.91. The maximum absolute atomic E-state index is 13.2. The van der Waals surface area contributed by atoms with Gasteiger partial charge < -0.3 is 0 Å². The molecule has 0 atom stereocenters. The second-order valence-electron chi connectivity index (χ2n) is 10.2. The minimum absolute atomic E-state index is 0.475. The highest BCUT2D eigenvalue weighted by atomic mass is 32.1.